The zero-order valence-corrected chi connectivity index (χ0v) is 11.8. The van der Waals surface area contributed by atoms with Crippen LogP contribution in [0.3, 0.4) is 0 Å². The third kappa shape index (κ3) is 8.02. The molecule has 0 saturated carbocycles. The van der Waals surface area contributed by atoms with E-state index in [-0.39, 0.29) is 5.54 Å². The van der Waals surface area contributed by atoms with Crippen molar-refractivity contribution in [2.75, 3.05) is 19.6 Å². The minimum Gasteiger partial charge on any atom is -0.465 e. The maximum absolute atomic E-state index is 11.1. The lowest BCUT2D eigenvalue weighted by Gasteiger charge is -2.33. The Hall–Kier alpha value is -0.770. The van der Waals surface area contributed by atoms with Crippen molar-refractivity contribution < 1.29 is 9.90 Å². The summed E-state index contributed by atoms with van der Waals surface area (Å²) in [6.07, 6.45) is 3.55. The zero-order chi connectivity index (χ0) is 13.3. The van der Waals surface area contributed by atoms with Gasteiger partial charge in [-0.25, -0.2) is 4.79 Å². The van der Waals surface area contributed by atoms with Crippen LogP contribution in [0, 0.1) is 0 Å². The quantitative estimate of drug-likeness (QED) is 0.645. The molecule has 0 spiro atoms. The Labute approximate surface area is 105 Å². The maximum atomic E-state index is 11.1. The Kier molecular flexibility index (Phi) is 7.96. The summed E-state index contributed by atoms with van der Waals surface area (Å²) in [6, 6.07) is 0. The van der Waals surface area contributed by atoms with Gasteiger partial charge in [-0.3, -0.25) is 0 Å². The normalized spacial score (nSPS) is 11.5. The lowest BCUT2D eigenvalue weighted by Crippen LogP contribution is -2.45. The lowest BCUT2D eigenvalue weighted by atomic mass is 10.1. The number of carboxylic acid groups (broad SMARTS) is 1. The molecule has 0 rings (SSSR count). The molecule has 4 nitrogen and oxygen atoms in total. The number of amides is 1. The van der Waals surface area contributed by atoms with Crippen LogP contribution in [0.2, 0.25) is 0 Å². The van der Waals surface area contributed by atoms with Crippen molar-refractivity contribution in [1.82, 2.24) is 10.2 Å². The van der Waals surface area contributed by atoms with Gasteiger partial charge in [-0.05, 0) is 53.1 Å². The Morgan fingerprint density at radius 1 is 1.18 bits per heavy atom. The number of carbonyl (C=O) groups is 1. The van der Waals surface area contributed by atoms with Crippen LogP contribution >= 0.6 is 0 Å². The Bertz CT molecular complexity index is 212. The van der Waals surface area contributed by atoms with E-state index in [0.717, 1.165) is 25.9 Å². The van der Waals surface area contributed by atoms with Crippen LogP contribution in [-0.2, 0) is 0 Å². The van der Waals surface area contributed by atoms with Gasteiger partial charge >= 0.3 is 6.09 Å². The fourth-order valence-corrected chi connectivity index (χ4v) is 1.66. The van der Waals surface area contributed by atoms with Gasteiger partial charge in [0, 0.05) is 12.1 Å². The molecule has 102 valence electrons. The van der Waals surface area contributed by atoms with Gasteiger partial charge in [0.05, 0.1) is 0 Å². The van der Waals surface area contributed by atoms with Crippen molar-refractivity contribution in [1.29, 1.82) is 0 Å². The first kappa shape index (κ1) is 16.2. The summed E-state index contributed by atoms with van der Waals surface area (Å²) in [4.78, 5) is 12.6. The topological polar surface area (TPSA) is 52.6 Å². The van der Waals surface area contributed by atoms with Gasteiger partial charge in [-0.1, -0.05) is 13.3 Å². The van der Waals surface area contributed by atoms with Crippen molar-refractivity contribution in [2.45, 2.75) is 58.9 Å². The van der Waals surface area contributed by atoms with Crippen LogP contribution < -0.4 is 5.32 Å². The van der Waals surface area contributed by atoms with E-state index in [9.17, 15) is 4.79 Å². The zero-order valence-electron chi connectivity index (χ0n) is 11.8. The van der Waals surface area contributed by atoms with Crippen molar-refractivity contribution >= 4 is 6.09 Å². The Morgan fingerprint density at radius 2 is 1.76 bits per heavy atom. The van der Waals surface area contributed by atoms with Crippen LogP contribution in [0.5, 0.6) is 0 Å². The molecular formula is C13H28N2O2. The molecule has 0 aromatic heterocycles. The van der Waals surface area contributed by atoms with Gasteiger partial charge in [-0.15, -0.1) is 0 Å². The van der Waals surface area contributed by atoms with Crippen molar-refractivity contribution in [3.63, 3.8) is 0 Å². The largest absolute Gasteiger partial charge is 0.465 e. The molecule has 0 aromatic rings. The Morgan fingerprint density at radius 3 is 2.24 bits per heavy atom. The first-order chi connectivity index (χ1) is 7.89. The standard InChI is InChI=1S/C13H28N2O2/c1-5-6-9-14-10-7-8-11-15(12(16)17)13(2,3)4/h14H,5-11H2,1-4H3,(H,16,17). The SMILES string of the molecule is CCCCNCCCCN(C(=O)O)C(C)(C)C. The number of hydrogen-bond donors (Lipinski definition) is 2. The molecule has 4 heteroatoms. The predicted octanol–water partition coefficient (Wildman–Crippen LogP) is 2.93. The van der Waals surface area contributed by atoms with Crippen molar-refractivity contribution in [2.24, 2.45) is 0 Å². The van der Waals surface area contributed by atoms with E-state index in [1.807, 2.05) is 20.8 Å². The van der Waals surface area contributed by atoms with E-state index >= 15 is 0 Å². The van der Waals surface area contributed by atoms with E-state index in [1.165, 1.54) is 17.7 Å². The lowest BCUT2D eigenvalue weighted by molar-refractivity contribution is 0.0991. The highest BCUT2D eigenvalue weighted by atomic mass is 16.4. The molecular weight excluding hydrogens is 216 g/mol. The highest BCUT2D eigenvalue weighted by molar-refractivity contribution is 5.65. The molecule has 0 aromatic carbocycles. The molecule has 0 unspecified atom stereocenters. The van der Waals surface area contributed by atoms with Crippen LogP contribution in [0.15, 0.2) is 0 Å². The Balaban J connectivity index is 3.67. The monoisotopic (exact) mass is 244 g/mol. The van der Waals surface area contributed by atoms with Gasteiger partial charge in [0.1, 0.15) is 0 Å². The summed E-state index contributed by atoms with van der Waals surface area (Å²) in [5, 5.41) is 12.5. The van der Waals surface area contributed by atoms with Crippen LogP contribution in [0.1, 0.15) is 53.4 Å². The molecule has 0 aliphatic rings. The summed E-state index contributed by atoms with van der Waals surface area (Å²) >= 11 is 0. The highest BCUT2D eigenvalue weighted by Crippen LogP contribution is 2.14. The first-order valence-electron chi connectivity index (χ1n) is 6.61. The molecule has 17 heavy (non-hydrogen) atoms. The molecule has 0 aliphatic carbocycles. The summed E-state index contributed by atoms with van der Waals surface area (Å²) in [5.74, 6) is 0. The molecule has 0 fully saturated rings. The second kappa shape index (κ2) is 8.34. The third-order valence-corrected chi connectivity index (χ3v) is 2.73. The maximum Gasteiger partial charge on any atom is 0.407 e. The first-order valence-corrected chi connectivity index (χ1v) is 6.61. The van der Waals surface area contributed by atoms with Gasteiger partial charge in [0.15, 0.2) is 0 Å². The van der Waals surface area contributed by atoms with E-state index in [0.29, 0.717) is 6.54 Å². The number of rotatable bonds is 8. The van der Waals surface area contributed by atoms with Crippen molar-refractivity contribution in [3.05, 3.63) is 0 Å². The molecule has 0 atom stereocenters. The van der Waals surface area contributed by atoms with Crippen LogP contribution in [-0.4, -0.2) is 41.3 Å². The average Bonchev–Trinajstić information content (AvgIpc) is 2.19. The molecule has 0 saturated heterocycles. The fourth-order valence-electron chi connectivity index (χ4n) is 1.66. The average molecular weight is 244 g/mol. The predicted molar refractivity (Wildman–Crippen MR) is 71.5 cm³/mol. The molecule has 0 aliphatic heterocycles. The molecule has 2 N–H and O–H groups in total. The second-order valence-corrected chi connectivity index (χ2v) is 5.42. The molecule has 0 bridgehead atoms. The summed E-state index contributed by atoms with van der Waals surface area (Å²) < 4.78 is 0. The van der Waals surface area contributed by atoms with Crippen LogP contribution in [0.4, 0.5) is 4.79 Å². The van der Waals surface area contributed by atoms with E-state index in [1.54, 1.807) is 0 Å². The number of nitrogens with one attached hydrogen (secondary N) is 1. The summed E-state index contributed by atoms with van der Waals surface area (Å²) in [6.45, 7) is 10.6. The smallest absolute Gasteiger partial charge is 0.407 e. The van der Waals surface area contributed by atoms with E-state index in [2.05, 4.69) is 12.2 Å². The number of hydrogen-bond acceptors (Lipinski definition) is 2. The molecule has 1 amide bonds. The minimum absolute atomic E-state index is 0.304. The third-order valence-electron chi connectivity index (χ3n) is 2.73. The van der Waals surface area contributed by atoms with Gasteiger partial charge in [0.25, 0.3) is 0 Å². The van der Waals surface area contributed by atoms with Crippen molar-refractivity contribution in [3.8, 4) is 0 Å². The summed E-state index contributed by atoms with van der Waals surface area (Å²) in [7, 11) is 0. The fraction of sp³-hybridized carbons (Fsp3) is 0.923. The van der Waals surface area contributed by atoms with Gasteiger partial charge in [0.2, 0.25) is 0 Å². The summed E-state index contributed by atoms with van der Waals surface area (Å²) in [5.41, 5.74) is -0.304. The van der Waals surface area contributed by atoms with E-state index < -0.39 is 6.09 Å². The molecule has 0 radical (unpaired) electrons. The highest BCUT2D eigenvalue weighted by Gasteiger charge is 2.24. The molecule has 0 heterocycles. The van der Waals surface area contributed by atoms with E-state index in [4.69, 9.17) is 5.11 Å². The number of nitrogens with zero attached hydrogens (tertiary/aromatic N) is 1. The minimum atomic E-state index is -0.823. The second-order valence-electron chi connectivity index (χ2n) is 5.42. The van der Waals surface area contributed by atoms with Gasteiger partial charge in [-0.2, -0.15) is 0 Å². The van der Waals surface area contributed by atoms with Crippen LogP contribution in [0.25, 0.3) is 0 Å². The number of unbranched alkanes of at least 4 members (excludes halogenated alkanes) is 2. The van der Waals surface area contributed by atoms with Gasteiger partial charge < -0.3 is 15.3 Å².